The first-order valence-corrected chi connectivity index (χ1v) is 5.25. The number of benzene rings is 1. The number of aromatic amines is 1. The van der Waals surface area contributed by atoms with Gasteiger partial charge in [-0.15, -0.1) is 0 Å². The Morgan fingerprint density at radius 3 is 2.81 bits per heavy atom. The zero-order valence-electron chi connectivity index (χ0n) is 8.75. The SMILES string of the molecule is Cc1cccc(NC(=O)c2cc(Cl)c[nH]2)c1. The van der Waals surface area contributed by atoms with Crippen LogP contribution in [0.1, 0.15) is 16.1 Å². The summed E-state index contributed by atoms with van der Waals surface area (Å²) in [5, 5.41) is 3.31. The Morgan fingerprint density at radius 2 is 2.19 bits per heavy atom. The number of hydrogen-bond donors (Lipinski definition) is 2. The third kappa shape index (κ3) is 2.44. The summed E-state index contributed by atoms with van der Waals surface area (Å²) in [5.41, 5.74) is 2.32. The molecule has 0 spiro atoms. The van der Waals surface area contributed by atoms with Crippen molar-refractivity contribution in [3.63, 3.8) is 0 Å². The Labute approximate surface area is 98.4 Å². The summed E-state index contributed by atoms with van der Waals surface area (Å²) in [7, 11) is 0. The van der Waals surface area contributed by atoms with E-state index in [0.29, 0.717) is 10.7 Å². The molecule has 1 amide bonds. The van der Waals surface area contributed by atoms with Crippen molar-refractivity contribution in [2.75, 3.05) is 5.32 Å². The molecule has 0 atom stereocenters. The summed E-state index contributed by atoms with van der Waals surface area (Å²) in [4.78, 5) is 14.5. The molecule has 1 heterocycles. The van der Waals surface area contributed by atoms with Gasteiger partial charge in [0.05, 0.1) is 5.02 Å². The minimum Gasteiger partial charge on any atom is -0.356 e. The molecule has 82 valence electrons. The van der Waals surface area contributed by atoms with Crippen molar-refractivity contribution in [2.24, 2.45) is 0 Å². The topological polar surface area (TPSA) is 44.9 Å². The first-order chi connectivity index (χ1) is 7.65. The summed E-state index contributed by atoms with van der Waals surface area (Å²) < 4.78 is 0. The number of aryl methyl sites for hydroxylation is 1. The molecule has 0 aliphatic rings. The fourth-order valence-electron chi connectivity index (χ4n) is 1.42. The van der Waals surface area contributed by atoms with Gasteiger partial charge in [-0.1, -0.05) is 23.7 Å². The molecule has 0 radical (unpaired) electrons. The number of aromatic nitrogens is 1. The normalized spacial score (nSPS) is 10.1. The smallest absolute Gasteiger partial charge is 0.272 e. The van der Waals surface area contributed by atoms with Crippen LogP contribution in [0.3, 0.4) is 0 Å². The van der Waals surface area contributed by atoms with Crippen molar-refractivity contribution in [3.05, 3.63) is 52.8 Å². The molecule has 16 heavy (non-hydrogen) atoms. The predicted molar refractivity (Wildman–Crippen MR) is 64.9 cm³/mol. The molecule has 2 N–H and O–H groups in total. The monoisotopic (exact) mass is 234 g/mol. The molecule has 0 aliphatic heterocycles. The Balaban J connectivity index is 2.13. The quantitative estimate of drug-likeness (QED) is 0.823. The van der Waals surface area contributed by atoms with Gasteiger partial charge in [0.1, 0.15) is 5.69 Å². The molecule has 0 saturated carbocycles. The van der Waals surface area contributed by atoms with E-state index in [4.69, 9.17) is 11.6 Å². The van der Waals surface area contributed by atoms with Crippen molar-refractivity contribution < 1.29 is 4.79 Å². The molecule has 3 nitrogen and oxygen atoms in total. The number of anilines is 1. The second-order valence-corrected chi connectivity index (χ2v) is 3.99. The van der Waals surface area contributed by atoms with Gasteiger partial charge in [-0.2, -0.15) is 0 Å². The van der Waals surface area contributed by atoms with Crippen LogP contribution in [0.15, 0.2) is 36.5 Å². The van der Waals surface area contributed by atoms with Crippen molar-refractivity contribution >= 4 is 23.2 Å². The fraction of sp³-hybridized carbons (Fsp3) is 0.0833. The first kappa shape index (κ1) is 10.8. The summed E-state index contributed by atoms with van der Waals surface area (Å²) >= 11 is 5.72. The van der Waals surface area contributed by atoms with Gasteiger partial charge in [0.15, 0.2) is 0 Å². The number of hydrogen-bond acceptors (Lipinski definition) is 1. The maximum Gasteiger partial charge on any atom is 0.272 e. The van der Waals surface area contributed by atoms with Crippen molar-refractivity contribution in [2.45, 2.75) is 6.92 Å². The van der Waals surface area contributed by atoms with Gasteiger partial charge < -0.3 is 10.3 Å². The van der Waals surface area contributed by atoms with E-state index < -0.39 is 0 Å². The molecule has 1 aromatic carbocycles. The van der Waals surface area contributed by atoms with E-state index >= 15 is 0 Å². The number of H-pyrrole nitrogens is 1. The second-order valence-electron chi connectivity index (χ2n) is 3.56. The summed E-state index contributed by atoms with van der Waals surface area (Å²) in [5.74, 6) is -0.197. The van der Waals surface area contributed by atoms with Gasteiger partial charge in [0.25, 0.3) is 5.91 Å². The molecule has 2 aromatic rings. The average Bonchev–Trinajstić information content (AvgIpc) is 2.65. The number of carbonyl (C=O) groups excluding carboxylic acids is 1. The van der Waals surface area contributed by atoms with Crippen molar-refractivity contribution in [1.29, 1.82) is 0 Å². The standard InChI is InChI=1S/C12H11ClN2O/c1-8-3-2-4-10(5-8)15-12(16)11-6-9(13)7-14-11/h2-7,14H,1H3,(H,15,16). The molecule has 4 heteroatoms. The Bertz CT molecular complexity index is 519. The number of amides is 1. The molecular formula is C12H11ClN2O. The van der Waals surface area contributed by atoms with Crippen molar-refractivity contribution in [3.8, 4) is 0 Å². The molecule has 1 aromatic heterocycles. The van der Waals surface area contributed by atoms with E-state index in [-0.39, 0.29) is 5.91 Å². The van der Waals surface area contributed by atoms with Gasteiger partial charge in [0.2, 0.25) is 0 Å². The zero-order valence-corrected chi connectivity index (χ0v) is 9.51. The molecule has 0 aliphatic carbocycles. The van der Waals surface area contributed by atoms with Gasteiger partial charge in [-0.25, -0.2) is 0 Å². The summed E-state index contributed by atoms with van der Waals surface area (Å²) in [6, 6.07) is 9.21. The molecule has 0 bridgehead atoms. The van der Waals surface area contributed by atoms with Crippen LogP contribution in [-0.2, 0) is 0 Å². The maximum absolute atomic E-state index is 11.7. The fourth-order valence-corrected chi connectivity index (χ4v) is 1.58. The number of carbonyl (C=O) groups is 1. The molecule has 2 rings (SSSR count). The number of nitrogens with one attached hydrogen (secondary N) is 2. The second kappa shape index (κ2) is 4.41. The highest BCUT2D eigenvalue weighted by atomic mass is 35.5. The lowest BCUT2D eigenvalue weighted by molar-refractivity contribution is 0.102. The van der Waals surface area contributed by atoms with Gasteiger partial charge in [-0.3, -0.25) is 4.79 Å². The minimum absolute atomic E-state index is 0.197. The highest BCUT2D eigenvalue weighted by Gasteiger charge is 2.07. The van der Waals surface area contributed by atoms with Crippen LogP contribution >= 0.6 is 11.6 Å². The Morgan fingerprint density at radius 1 is 1.38 bits per heavy atom. The first-order valence-electron chi connectivity index (χ1n) is 4.87. The van der Waals surface area contributed by atoms with Crippen LogP contribution in [-0.4, -0.2) is 10.9 Å². The van der Waals surface area contributed by atoms with E-state index in [9.17, 15) is 4.79 Å². The Kier molecular flexibility index (Phi) is 2.97. The highest BCUT2D eigenvalue weighted by molar-refractivity contribution is 6.31. The highest BCUT2D eigenvalue weighted by Crippen LogP contribution is 2.13. The van der Waals surface area contributed by atoms with Gasteiger partial charge in [0, 0.05) is 11.9 Å². The molecule has 0 fully saturated rings. The van der Waals surface area contributed by atoms with Gasteiger partial charge >= 0.3 is 0 Å². The number of rotatable bonds is 2. The lowest BCUT2D eigenvalue weighted by Gasteiger charge is -2.04. The van der Waals surface area contributed by atoms with Crippen LogP contribution in [0.2, 0.25) is 5.02 Å². The molecule has 0 saturated heterocycles. The van der Waals surface area contributed by atoms with Crippen LogP contribution in [0.4, 0.5) is 5.69 Å². The van der Waals surface area contributed by atoms with E-state index in [1.807, 2.05) is 31.2 Å². The summed E-state index contributed by atoms with van der Waals surface area (Å²) in [6.07, 6.45) is 1.58. The Hall–Kier alpha value is -1.74. The van der Waals surface area contributed by atoms with E-state index in [1.54, 1.807) is 12.3 Å². The predicted octanol–water partition coefficient (Wildman–Crippen LogP) is 3.23. The van der Waals surface area contributed by atoms with Crippen LogP contribution in [0.25, 0.3) is 0 Å². The van der Waals surface area contributed by atoms with Crippen molar-refractivity contribution in [1.82, 2.24) is 4.98 Å². The third-order valence-corrected chi connectivity index (χ3v) is 2.39. The maximum atomic E-state index is 11.7. The minimum atomic E-state index is -0.197. The largest absolute Gasteiger partial charge is 0.356 e. The lowest BCUT2D eigenvalue weighted by atomic mass is 10.2. The zero-order chi connectivity index (χ0) is 11.5. The van der Waals surface area contributed by atoms with Gasteiger partial charge in [-0.05, 0) is 30.7 Å². The average molecular weight is 235 g/mol. The van der Waals surface area contributed by atoms with Crippen LogP contribution in [0, 0.1) is 6.92 Å². The van der Waals surface area contributed by atoms with E-state index in [2.05, 4.69) is 10.3 Å². The van der Waals surface area contributed by atoms with E-state index in [0.717, 1.165) is 11.3 Å². The third-order valence-electron chi connectivity index (χ3n) is 2.17. The lowest BCUT2D eigenvalue weighted by Crippen LogP contribution is -2.12. The number of halogens is 1. The summed E-state index contributed by atoms with van der Waals surface area (Å²) in [6.45, 7) is 1.97. The molecular weight excluding hydrogens is 224 g/mol. The van der Waals surface area contributed by atoms with E-state index in [1.165, 1.54) is 0 Å². The van der Waals surface area contributed by atoms with Crippen LogP contribution in [0.5, 0.6) is 0 Å². The van der Waals surface area contributed by atoms with Crippen LogP contribution < -0.4 is 5.32 Å². The molecule has 0 unspecified atom stereocenters.